The lowest BCUT2D eigenvalue weighted by atomic mass is 9.77. The standard InChI is InChI=1S/C23H28N2O4S/c1-22(2)20-16-19(30(26,27)28-5)10-11-21(20)25-14-15-29-23(22,25)13-12-17-6-8-18(9-7-17)24(3)4/h6-13,16H,14-15H2,1-5H3. The second-order valence-corrected chi connectivity index (χ2v) is 10.2. The maximum absolute atomic E-state index is 12.2. The molecule has 0 N–H and O–H groups in total. The highest BCUT2D eigenvalue weighted by atomic mass is 32.2. The summed E-state index contributed by atoms with van der Waals surface area (Å²) in [5.41, 5.74) is 3.03. The van der Waals surface area contributed by atoms with E-state index < -0.39 is 21.3 Å². The van der Waals surface area contributed by atoms with Crippen LogP contribution in [0.5, 0.6) is 0 Å². The number of hydrogen-bond donors (Lipinski definition) is 0. The molecule has 0 bridgehead atoms. The minimum absolute atomic E-state index is 0.163. The van der Waals surface area contributed by atoms with Gasteiger partial charge in [-0.1, -0.05) is 32.1 Å². The summed E-state index contributed by atoms with van der Waals surface area (Å²) in [7, 11) is 1.46. The van der Waals surface area contributed by atoms with E-state index in [-0.39, 0.29) is 4.90 Å². The molecule has 1 atom stereocenters. The first-order valence-electron chi connectivity index (χ1n) is 9.96. The number of anilines is 2. The van der Waals surface area contributed by atoms with Crippen LogP contribution in [0.25, 0.3) is 6.08 Å². The maximum Gasteiger partial charge on any atom is 0.296 e. The van der Waals surface area contributed by atoms with Crippen LogP contribution in [0.1, 0.15) is 25.0 Å². The van der Waals surface area contributed by atoms with Gasteiger partial charge < -0.3 is 14.5 Å². The number of nitrogens with zero attached hydrogens (tertiary/aromatic N) is 2. The summed E-state index contributed by atoms with van der Waals surface area (Å²) >= 11 is 0. The number of hydrogen-bond acceptors (Lipinski definition) is 6. The summed E-state index contributed by atoms with van der Waals surface area (Å²) in [4.78, 5) is 4.46. The average molecular weight is 429 g/mol. The van der Waals surface area contributed by atoms with Gasteiger partial charge in [-0.2, -0.15) is 8.42 Å². The minimum atomic E-state index is -3.76. The van der Waals surface area contributed by atoms with Crippen LogP contribution in [-0.2, 0) is 24.5 Å². The van der Waals surface area contributed by atoms with Gasteiger partial charge in [-0.05, 0) is 47.5 Å². The predicted molar refractivity (Wildman–Crippen MR) is 119 cm³/mol. The topological polar surface area (TPSA) is 59.1 Å². The Bertz CT molecular complexity index is 1090. The Hall–Kier alpha value is -2.35. The molecule has 4 rings (SSSR count). The third kappa shape index (κ3) is 3.04. The fraction of sp³-hybridized carbons (Fsp3) is 0.391. The molecule has 160 valence electrons. The molecule has 0 aromatic heterocycles. The molecule has 2 heterocycles. The number of fused-ring (bicyclic) bond motifs is 3. The predicted octanol–water partition coefficient (Wildman–Crippen LogP) is 3.63. The zero-order valence-corrected chi connectivity index (χ0v) is 18.9. The van der Waals surface area contributed by atoms with Crippen LogP contribution >= 0.6 is 0 Å². The van der Waals surface area contributed by atoms with E-state index in [1.807, 2.05) is 20.2 Å². The Morgan fingerprint density at radius 3 is 2.47 bits per heavy atom. The summed E-state index contributed by atoms with van der Waals surface area (Å²) < 4.78 is 35.5. The van der Waals surface area contributed by atoms with E-state index in [1.165, 1.54) is 7.11 Å². The van der Waals surface area contributed by atoms with Crippen molar-refractivity contribution in [1.82, 2.24) is 0 Å². The van der Waals surface area contributed by atoms with Crippen LogP contribution in [0, 0.1) is 0 Å². The molecule has 1 fully saturated rings. The SMILES string of the molecule is COS(=O)(=O)c1ccc2c(c1)C(C)(C)C1(C=Cc3ccc(N(C)C)cc3)OCCN21. The van der Waals surface area contributed by atoms with Gasteiger partial charge in [0.2, 0.25) is 0 Å². The van der Waals surface area contributed by atoms with Crippen molar-refractivity contribution in [1.29, 1.82) is 0 Å². The summed E-state index contributed by atoms with van der Waals surface area (Å²) in [5, 5.41) is 0. The van der Waals surface area contributed by atoms with E-state index in [2.05, 4.69) is 60.1 Å². The summed E-state index contributed by atoms with van der Waals surface area (Å²) in [6.45, 7) is 5.56. The van der Waals surface area contributed by atoms with E-state index >= 15 is 0 Å². The Morgan fingerprint density at radius 1 is 1.13 bits per heavy atom. The van der Waals surface area contributed by atoms with Crippen molar-refractivity contribution in [3.63, 3.8) is 0 Å². The molecule has 2 aliphatic rings. The maximum atomic E-state index is 12.2. The molecule has 2 aromatic carbocycles. The lowest BCUT2D eigenvalue weighted by molar-refractivity contribution is 0.000290. The largest absolute Gasteiger partial charge is 0.378 e. The molecule has 0 saturated carbocycles. The third-order valence-electron chi connectivity index (χ3n) is 6.28. The van der Waals surface area contributed by atoms with Crippen molar-refractivity contribution in [2.75, 3.05) is 44.2 Å². The molecule has 30 heavy (non-hydrogen) atoms. The van der Waals surface area contributed by atoms with Crippen LogP contribution in [0.15, 0.2) is 53.4 Å². The fourth-order valence-electron chi connectivity index (χ4n) is 4.49. The van der Waals surface area contributed by atoms with Gasteiger partial charge in [-0.25, -0.2) is 0 Å². The minimum Gasteiger partial charge on any atom is -0.378 e. The summed E-state index contributed by atoms with van der Waals surface area (Å²) in [6.07, 6.45) is 4.19. The van der Waals surface area contributed by atoms with Crippen molar-refractivity contribution in [2.45, 2.75) is 29.9 Å². The zero-order valence-electron chi connectivity index (χ0n) is 18.0. The molecule has 2 aromatic rings. The molecule has 0 amide bonds. The lowest BCUT2D eigenvalue weighted by Crippen LogP contribution is -2.51. The first-order valence-corrected chi connectivity index (χ1v) is 11.4. The molecular formula is C23H28N2O4S. The molecule has 2 aliphatic heterocycles. The number of rotatable bonds is 5. The number of benzene rings is 2. The van der Waals surface area contributed by atoms with E-state index in [4.69, 9.17) is 8.92 Å². The quantitative estimate of drug-likeness (QED) is 0.678. The highest BCUT2D eigenvalue weighted by Gasteiger charge is 2.59. The van der Waals surface area contributed by atoms with Gasteiger partial charge in [0, 0.05) is 37.4 Å². The molecule has 0 spiro atoms. The van der Waals surface area contributed by atoms with Crippen molar-refractivity contribution in [3.8, 4) is 0 Å². The van der Waals surface area contributed by atoms with E-state index in [9.17, 15) is 8.42 Å². The van der Waals surface area contributed by atoms with Gasteiger partial charge in [-0.3, -0.25) is 4.18 Å². The zero-order chi connectivity index (χ0) is 21.7. The van der Waals surface area contributed by atoms with Gasteiger partial charge in [-0.15, -0.1) is 0 Å². The molecule has 1 saturated heterocycles. The van der Waals surface area contributed by atoms with E-state index in [0.717, 1.165) is 29.0 Å². The van der Waals surface area contributed by atoms with Crippen LogP contribution in [0.4, 0.5) is 11.4 Å². The lowest BCUT2D eigenvalue weighted by Gasteiger charge is -2.39. The molecule has 7 heteroatoms. The molecule has 0 radical (unpaired) electrons. The monoisotopic (exact) mass is 428 g/mol. The number of ether oxygens (including phenoxy) is 1. The normalized spacial score (nSPS) is 22.4. The van der Waals surface area contributed by atoms with Crippen LogP contribution in [0.2, 0.25) is 0 Å². The Morgan fingerprint density at radius 2 is 1.83 bits per heavy atom. The van der Waals surface area contributed by atoms with Crippen LogP contribution in [0.3, 0.4) is 0 Å². The van der Waals surface area contributed by atoms with Gasteiger partial charge >= 0.3 is 0 Å². The third-order valence-corrected chi connectivity index (χ3v) is 7.56. The highest BCUT2D eigenvalue weighted by molar-refractivity contribution is 7.86. The smallest absolute Gasteiger partial charge is 0.296 e. The highest BCUT2D eigenvalue weighted by Crippen LogP contribution is 2.55. The second-order valence-electron chi connectivity index (χ2n) is 8.44. The molecular weight excluding hydrogens is 400 g/mol. The Kier molecular flexibility index (Phi) is 4.96. The van der Waals surface area contributed by atoms with Crippen molar-refractivity contribution in [2.24, 2.45) is 0 Å². The van der Waals surface area contributed by atoms with Gasteiger partial charge in [0.15, 0.2) is 5.72 Å². The summed E-state index contributed by atoms with van der Waals surface area (Å²) in [6, 6.07) is 13.5. The fourth-order valence-corrected chi connectivity index (χ4v) is 5.18. The van der Waals surface area contributed by atoms with Gasteiger partial charge in [0.25, 0.3) is 10.1 Å². The molecule has 1 unspecified atom stereocenters. The van der Waals surface area contributed by atoms with Crippen LogP contribution < -0.4 is 9.80 Å². The average Bonchev–Trinajstić information content (AvgIpc) is 3.23. The molecule has 0 aliphatic carbocycles. The van der Waals surface area contributed by atoms with Gasteiger partial charge in [0.05, 0.1) is 18.6 Å². The first kappa shape index (κ1) is 20.9. The second kappa shape index (κ2) is 7.11. The van der Waals surface area contributed by atoms with Gasteiger partial charge in [0.1, 0.15) is 0 Å². The first-order chi connectivity index (χ1) is 14.1. The van der Waals surface area contributed by atoms with E-state index in [1.54, 1.807) is 12.1 Å². The Labute approximate surface area is 178 Å². The van der Waals surface area contributed by atoms with Crippen molar-refractivity contribution < 1.29 is 17.3 Å². The van der Waals surface area contributed by atoms with Crippen molar-refractivity contribution >= 4 is 27.6 Å². The van der Waals surface area contributed by atoms with Crippen LogP contribution in [-0.4, -0.2) is 48.5 Å². The summed E-state index contributed by atoms with van der Waals surface area (Å²) in [5.74, 6) is 0. The van der Waals surface area contributed by atoms with Crippen molar-refractivity contribution in [3.05, 3.63) is 59.7 Å². The molecule has 6 nitrogen and oxygen atoms in total. The Balaban J connectivity index is 1.75. The van der Waals surface area contributed by atoms with E-state index in [0.29, 0.717) is 6.61 Å².